The Balaban J connectivity index is 1.68. The number of aromatic nitrogens is 5. The van der Waals surface area contributed by atoms with Crippen LogP contribution in [0.3, 0.4) is 0 Å². The van der Waals surface area contributed by atoms with Crippen molar-refractivity contribution >= 4 is 5.95 Å². The van der Waals surface area contributed by atoms with Crippen LogP contribution in [0.1, 0.15) is 37.3 Å². The van der Waals surface area contributed by atoms with Crippen LogP contribution in [0.4, 0.5) is 10.3 Å². The van der Waals surface area contributed by atoms with Crippen LogP contribution >= 0.6 is 0 Å². The first-order valence-electron chi connectivity index (χ1n) is 8.37. The van der Waals surface area contributed by atoms with Crippen molar-refractivity contribution in [3.05, 3.63) is 29.9 Å². The highest BCUT2D eigenvalue weighted by molar-refractivity contribution is 5.30. The molecule has 1 aliphatic rings. The number of piperidine rings is 1. The smallest absolute Gasteiger partial charge is 0.225 e. The molecule has 7 nitrogen and oxygen atoms in total. The molecule has 24 heavy (non-hydrogen) atoms. The fraction of sp³-hybridized carbons (Fsp3) is 0.625. The number of nitrogens with zero attached hydrogens (tertiary/aromatic N) is 7. The lowest BCUT2D eigenvalue weighted by molar-refractivity contribution is 0.377. The molecule has 8 heteroatoms. The molecule has 0 bridgehead atoms. The van der Waals surface area contributed by atoms with Crippen molar-refractivity contribution in [2.75, 3.05) is 32.1 Å². The van der Waals surface area contributed by atoms with Gasteiger partial charge in [-0.05, 0) is 33.9 Å². The average molecular weight is 333 g/mol. The monoisotopic (exact) mass is 333 g/mol. The Bertz CT molecular complexity index is 660. The first kappa shape index (κ1) is 16.8. The zero-order valence-electron chi connectivity index (χ0n) is 14.5. The summed E-state index contributed by atoms with van der Waals surface area (Å²) in [6.45, 7) is 5.50. The standard InChI is InChI=1S/C16H24FN7/c1-4-24-14(11-22(2)3)20-21-15(24)12-5-7-23(8-6-12)16-18-9-13(17)10-19-16/h9-10,12H,4-8,11H2,1-3H3. The van der Waals surface area contributed by atoms with Gasteiger partial charge in [0.1, 0.15) is 11.6 Å². The maximum Gasteiger partial charge on any atom is 0.225 e. The van der Waals surface area contributed by atoms with E-state index in [0.29, 0.717) is 11.9 Å². The molecule has 3 rings (SSSR count). The summed E-state index contributed by atoms with van der Waals surface area (Å²) in [4.78, 5) is 12.3. The summed E-state index contributed by atoms with van der Waals surface area (Å²) in [7, 11) is 4.07. The van der Waals surface area contributed by atoms with Gasteiger partial charge in [-0.1, -0.05) is 0 Å². The van der Waals surface area contributed by atoms with Gasteiger partial charge >= 0.3 is 0 Å². The van der Waals surface area contributed by atoms with E-state index in [9.17, 15) is 4.39 Å². The molecule has 130 valence electrons. The third-order valence-electron chi connectivity index (χ3n) is 4.38. The second-order valence-corrected chi connectivity index (χ2v) is 6.42. The first-order valence-corrected chi connectivity index (χ1v) is 8.37. The Morgan fingerprint density at radius 3 is 2.42 bits per heavy atom. The molecule has 0 amide bonds. The Morgan fingerprint density at radius 1 is 1.17 bits per heavy atom. The Morgan fingerprint density at radius 2 is 1.83 bits per heavy atom. The van der Waals surface area contributed by atoms with Gasteiger partial charge in [-0.2, -0.15) is 0 Å². The predicted molar refractivity (Wildman–Crippen MR) is 89.3 cm³/mol. The van der Waals surface area contributed by atoms with Crippen molar-refractivity contribution in [2.45, 2.75) is 38.8 Å². The fourth-order valence-electron chi connectivity index (χ4n) is 3.20. The Labute approximate surface area is 141 Å². The summed E-state index contributed by atoms with van der Waals surface area (Å²) in [5.41, 5.74) is 0. The van der Waals surface area contributed by atoms with Gasteiger partial charge < -0.3 is 14.4 Å². The van der Waals surface area contributed by atoms with Gasteiger partial charge in [0.15, 0.2) is 5.82 Å². The number of hydrogen-bond donors (Lipinski definition) is 0. The molecule has 0 aliphatic carbocycles. The van der Waals surface area contributed by atoms with E-state index >= 15 is 0 Å². The molecule has 0 N–H and O–H groups in total. The molecule has 0 spiro atoms. The van der Waals surface area contributed by atoms with E-state index < -0.39 is 5.82 Å². The average Bonchev–Trinajstić information content (AvgIpc) is 2.97. The maximum absolute atomic E-state index is 12.9. The van der Waals surface area contributed by atoms with Crippen molar-refractivity contribution in [3.63, 3.8) is 0 Å². The van der Waals surface area contributed by atoms with E-state index in [0.717, 1.165) is 50.7 Å². The molecular weight excluding hydrogens is 309 g/mol. The summed E-state index contributed by atoms with van der Waals surface area (Å²) in [5, 5.41) is 8.84. The second kappa shape index (κ2) is 7.21. The normalized spacial score (nSPS) is 16.1. The Hall–Kier alpha value is -2.09. The molecule has 2 aromatic rings. The first-order chi connectivity index (χ1) is 11.6. The van der Waals surface area contributed by atoms with Gasteiger partial charge in [0, 0.05) is 25.6 Å². The van der Waals surface area contributed by atoms with Crippen LogP contribution in [0.25, 0.3) is 0 Å². The van der Waals surface area contributed by atoms with Crippen LogP contribution < -0.4 is 4.90 Å². The van der Waals surface area contributed by atoms with Crippen LogP contribution in [0, 0.1) is 5.82 Å². The van der Waals surface area contributed by atoms with Crippen molar-refractivity contribution in [3.8, 4) is 0 Å². The van der Waals surface area contributed by atoms with Gasteiger partial charge in [0.25, 0.3) is 0 Å². The Kier molecular flexibility index (Phi) is 5.03. The number of halogens is 1. The SMILES string of the molecule is CCn1c(CN(C)C)nnc1C1CCN(c2ncc(F)cn2)CC1. The fourth-order valence-corrected chi connectivity index (χ4v) is 3.20. The van der Waals surface area contributed by atoms with Gasteiger partial charge in [-0.25, -0.2) is 14.4 Å². The lowest BCUT2D eigenvalue weighted by atomic mass is 9.96. The van der Waals surface area contributed by atoms with Crippen molar-refractivity contribution in [1.29, 1.82) is 0 Å². The zero-order valence-corrected chi connectivity index (χ0v) is 14.5. The van der Waals surface area contributed by atoms with E-state index in [1.54, 1.807) is 0 Å². The third-order valence-corrected chi connectivity index (χ3v) is 4.38. The molecule has 0 radical (unpaired) electrons. The number of anilines is 1. The largest absolute Gasteiger partial charge is 0.341 e. The summed E-state index contributed by atoms with van der Waals surface area (Å²) < 4.78 is 15.2. The van der Waals surface area contributed by atoms with Crippen LogP contribution in [-0.2, 0) is 13.1 Å². The molecule has 0 unspecified atom stereocenters. The minimum absolute atomic E-state index is 0.394. The van der Waals surface area contributed by atoms with E-state index in [2.05, 4.69) is 41.5 Å². The second-order valence-electron chi connectivity index (χ2n) is 6.42. The van der Waals surface area contributed by atoms with Gasteiger partial charge in [-0.3, -0.25) is 0 Å². The molecule has 1 saturated heterocycles. The maximum atomic E-state index is 12.9. The lowest BCUT2D eigenvalue weighted by Crippen LogP contribution is -2.35. The summed E-state index contributed by atoms with van der Waals surface area (Å²) in [6, 6.07) is 0. The van der Waals surface area contributed by atoms with Crippen molar-refractivity contribution < 1.29 is 4.39 Å². The van der Waals surface area contributed by atoms with Crippen LogP contribution in [0.5, 0.6) is 0 Å². The third kappa shape index (κ3) is 3.53. The number of hydrogen-bond acceptors (Lipinski definition) is 6. The predicted octanol–water partition coefficient (Wildman–Crippen LogP) is 1.67. The zero-order chi connectivity index (χ0) is 17.1. The van der Waals surface area contributed by atoms with Gasteiger partial charge in [0.05, 0.1) is 18.9 Å². The van der Waals surface area contributed by atoms with E-state index in [1.807, 2.05) is 14.1 Å². The highest BCUT2D eigenvalue weighted by Crippen LogP contribution is 2.28. The van der Waals surface area contributed by atoms with Crippen LogP contribution in [0.2, 0.25) is 0 Å². The summed E-state index contributed by atoms with van der Waals surface area (Å²) in [5.74, 6) is 2.68. The van der Waals surface area contributed by atoms with E-state index in [-0.39, 0.29) is 0 Å². The van der Waals surface area contributed by atoms with E-state index in [4.69, 9.17) is 0 Å². The summed E-state index contributed by atoms with van der Waals surface area (Å²) in [6.07, 6.45) is 4.38. The van der Waals surface area contributed by atoms with Gasteiger partial charge in [0.2, 0.25) is 5.95 Å². The molecule has 0 saturated carbocycles. The minimum Gasteiger partial charge on any atom is -0.341 e. The van der Waals surface area contributed by atoms with Crippen molar-refractivity contribution in [2.24, 2.45) is 0 Å². The molecule has 1 aliphatic heterocycles. The van der Waals surface area contributed by atoms with E-state index in [1.165, 1.54) is 12.4 Å². The molecule has 0 atom stereocenters. The minimum atomic E-state index is -0.405. The van der Waals surface area contributed by atoms with Crippen LogP contribution in [-0.4, -0.2) is 56.8 Å². The topological polar surface area (TPSA) is 63.0 Å². The molecular formula is C16H24FN7. The quantitative estimate of drug-likeness (QED) is 0.829. The van der Waals surface area contributed by atoms with Crippen LogP contribution in [0.15, 0.2) is 12.4 Å². The molecule has 0 aromatic carbocycles. The summed E-state index contributed by atoms with van der Waals surface area (Å²) >= 11 is 0. The number of rotatable bonds is 5. The lowest BCUT2D eigenvalue weighted by Gasteiger charge is -2.31. The highest BCUT2D eigenvalue weighted by Gasteiger charge is 2.26. The highest BCUT2D eigenvalue weighted by atomic mass is 19.1. The molecule has 3 heterocycles. The van der Waals surface area contributed by atoms with Crippen molar-refractivity contribution in [1.82, 2.24) is 29.6 Å². The van der Waals surface area contributed by atoms with Gasteiger partial charge in [-0.15, -0.1) is 10.2 Å². The molecule has 1 fully saturated rings. The molecule has 2 aromatic heterocycles.